The Morgan fingerprint density at radius 1 is 1.47 bits per heavy atom. The number of rotatable bonds is 4. The third-order valence-corrected chi connectivity index (χ3v) is 2.98. The summed E-state index contributed by atoms with van der Waals surface area (Å²) in [5, 5.41) is 6.27. The van der Waals surface area contributed by atoms with E-state index in [1.165, 1.54) is 24.2 Å². The van der Waals surface area contributed by atoms with Crippen molar-refractivity contribution in [3.05, 3.63) is 23.9 Å². The van der Waals surface area contributed by atoms with Crippen molar-refractivity contribution in [3.63, 3.8) is 0 Å². The lowest BCUT2D eigenvalue weighted by Gasteiger charge is -1.92. The fourth-order valence-electron chi connectivity index (χ4n) is 1.17. The van der Waals surface area contributed by atoms with Crippen LogP contribution in [0.25, 0.3) is 5.00 Å². The van der Waals surface area contributed by atoms with Gasteiger partial charge in [0, 0.05) is 0 Å². The quantitative estimate of drug-likeness (QED) is 0.869. The van der Waals surface area contributed by atoms with Crippen molar-refractivity contribution in [2.45, 2.75) is 26.2 Å². The lowest BCUT2D eigenvalue weighted by molar-refractivity contribution is 0.790. The van der Waals surface area contributed by atoms with Crippen molar-refractivity contribution in [3.8, 4) is 5.00 Å². The summed E-state index contributed by atoms with van der Waals surface area (Å²) < 4.78 is 1.74. The number of nitrogens with zero attached hydrogens (tertiary/aromatic N) is 4. The van der Waals surface area contributed by atoms with Gasteiger partial charge in [-0.25, -0.2) is 14.6 Å². The van der Waals surface area contributed by atoms with Gasteiger partial charge in [0.1, 0.15) is 17.7 Å². The third-order valence-electron chi connectivity index (χ3n) is 1.93. The summed E-state index contributed by atoms with van der Waals surface area (Å²) in [4.78, 5) is 8.24. The topological polar surface area (TPSA) is 43.6 Å². The molecule has 0 saturated carbocycles. The Morgan fingerprint density at radius 3 is 3.00 bits per heavy atom. The highest BCUT2D eigenvalue weighted by atomic mass is 79.9. The predicted octanol–water partition coefficient (Wildman–Crippen LogP) is 2.64. The van der Waals surface area contributed by atoms with Crippen LogP contribution in [0.1, 0.15) is 24.8 Å². The Hall–Kier alpha value is -0.750. The van der Waals surface area contributed by atoms with Crippen LogP contribution in [0.3, 0.4) is 0 Å². The summed E-state index contributed by atoms with van der Waals surface area (Å²) in [7, 11) is 0. The van der Waals surface area contributed by atoms with Crippen molar-refractivity contribution < 1.29 is 0 Å². The minimum atomic E-state index is 0. The fraction of sp³-hybridized carbons (Fsp3) is 0.444. The second-order valence-electron chi connectivity index (χ2n) is 3.04. The largest absolute Gasteiger partial charge is 0.247 e. The minimum absolute atomic E-state index is 0. The lowest BCUT2D eigenvalue weighted by atomic mass is 10.3. The summed E-state index contributed by atoms with van der Waals surface area (Å²) in [5.41, 5.74) is 0. The van der Waals surface area contributed by atoms with E-state index in [9.17, 15) is 0 Å². The first-order valence-electron chi connectivity index (χ1n) is 4.70. The second-order valence-corrected chi connectivity index (χ2v) is 4.13. The van der Waals surface area contributed by atoms with E-state index in [0.717, 1.165) is 11.4 Å². The van der Waals surface area contributed by atoms with Crippen LogP contribution in [0, 0.1) is 0 Å². The van der Waals surface area contributed by atoms with Crippen LogP contribution in [-0.2, 0) is 6.42 Å². The summed E-state index contributed by atoms with van der Waals surface area (Å²) in [5.74, 6) is 0. The van der Waals surface area contributed by atoms with Gasteiger partial charge in [-0.05, 0) is 12.8 Å². The Kier molecular flexibility index (Phi) is 4.90. The molecule has 0 radical (unpaired) electrons. The molecule has 0 atom stereocenters. The van der Waals surface area contributed by atoms with Gasteiger partial charge in [-0.3, -0.25) is 0 Å². The van der Waals surface area contributed by atoms with Crippen molar-refractivity contribution >= 4 is 28.3 Å². The molecule has 6 heteroatoms. The molecule has 0 N–H and O–H groups in total. The highest BCUT2D eigenvalue weighted by Gasteiger charge is 2.03. The summed E-state index contributed by atoms with van der Waals surface area (Å²) in [6.07, 6.45) is 8.55. The van der Waals surface area contributed by atoms with Gasteiger partial charge in [-0.1, -0.05) is 24.7 Å². The van der Waals surface area contributed by atoms with E-state index in [-0.39, 0.29) is 17.0 Å². The first-order chi connectivity index (χ1) is 6.90. The molecule has 82 valence electrons. The Bertz CT molecular complexity index is 384. The van der Waals surface area contributed by atoms with Crippen LogP contribution >= 0.6 is 28.3 Å². The van der Waals surface area contributed by atoms with Gasteiger partial charge >= 0.3 is 0 Å². The van der Waals surface area contributed by atoms with E-state index in [1.807, 2.05) is 6.20 Å². The van der Waals surface area contributed by atoms with E-state index in [0.29, 0.717) is 0 Å². The molecule has 0 aliphatic rings. The van der Waals surface area contributed by atoms with Crippen LogP contribution < -0.4 is 0 Å². The van der Waals surface area contributed by atoms with Crippen molar-refractivity contribution in [1.82, 2.24) is 19.7 Å². The smallest absolute Gasteiger partial charge is 0.139 e. The number of thiazole rings is 1. The molecule has 4 nitrogen and oxygen atoms in total. The number of hydrogen-bond acceptors (Lipinski definition) is 4. The SMILES string of the molecule is Br.CCCCc1ncc(-n2cncn2)s1. The minimum Gasteiger partial charge on any atom is -0.247 e. The molecular weight excluding hydrogens is 276 g/mol. The Balaban J connectivity index is 0.00000112. The number of aromatic nitrogens is 4. The molecule has 0 aliphatic carbocycles. The first-order valence-corrected chi connectivity index (χ1v) is 5.51. The number of hydrogen-bond donors (Lipinski definition) is 0. The molecule has 2 aromatic rings. The highest BCUT2D eigenvalue weighted by Crippen LogP contribution is 2.17. The first kappa shape index (κ1) is 12.3. The maximum Gasteiger partial charge on any atom is 0.139 e. The van der Waals surface area contributed by atoms with Gasteiger partial charge in [0.25, 0.3) is 0 Å². The van der Waals surface area contributed by atoms with Gasteiger partial charge in [-0.2, -0.15) is 5.10 Å². The van der Waals surface area contributed by atoms with Crippen LogP contribution in [0.5, 0.6) is 0 Å². The number of unbranched alkanes of at least 4 members (excludes halogenated alkanes) is 1. The van der Waals surface area contributed by atoms with E-state index in [1.54, 1.807) is 22.3 Å². The van der Waals surface area contributed by atoms with Gasteiger partial charge in [0.15, 0.2) is 0 Å². The Morgan fingerprint density at radius 2 is 2.33 bits per heavy atom. The third kappa shape index (κ3) is 3.10. The molecule has 15 heavy (non-hydrogen) atoms. The van der Waals surface area contributed by atoms with Gasteiger partial charge in [-0.15, -0.1) is 17.0 Å². The average Bonchev–Trinajstić information content (AvgIpc) is 2.85. The molecule has 0 amide bonds. The maximum absolute atomic E-state index is 4.34. The molecule has 0 bridgehead atoms. The highest BCUT2D eigenvalue weighted by molar-refractivity contribution is 8.93. The predicted molar refractivity (Wildman–Crippen MR) is 66.0 cm³/mol. The van der Waals surface area contributed by atoms with Gasteiger partial charge < -0.3 is 0 Å². The zero-order chi connectivity index (χ0) is 9.80. The molecule has 0 saturated heterocycles. The van der Waals surface area contributed by atoms with Gasteiger partial charge in [0.05, 0.1) is 11.2 Å². The van der Waals surface area contributed by atoms with E-state index in [2.05, 4.69) is 22.0 Å². The molecule has 0 fully saturated rings. The second kappa shape index (κ2) is 5.97. The van der Waals surface area contributed by atoms with E-state index < -0.39 is 0 Å². The van der Waals surface area contributed by atoms with E-state index >= 15 is 0 Å². The molecule has 0 aliphatic heterocycles. The number of aryl methyl sites for hydroxylation is 1. The monoisotopic (exact) mass is 288 g/mol. The fourth-order valence-corrected chi connectivity index (χ4v) is 2.06. The average molecular weight is 289 g/mol. The maximum atomic E-state index is 4.34. The molecule has 0 unspecified atom stereocenters. The Labute approximate surface area is 103 Å². The summed E-state index contributed by atoms with van der Waals surface area (Å²) >= 11 is 1.68. The molecule has 2 rings (SSSR count). The van der Waals surface area contributed by atoms with E-state index in [4.69, 9.17) is 0 Å². The molecule has 2 heterocycles. The lowest BCUT2D eigenvalue weighted by Crippen LogP contribution is -1.88. The van der Waals surface area contributed by atoms with Crippen LogP contribution in [0.15, 0.2) is 18.9 Å². The summed E-state index contributed by atoms with van der Waals surface area (Å²) in [6.45, 7) is 2.19. The van der Waals surface area contributed by atoms with Crippen LogP contribution in [0.4, 0.5) is 0 Å². The standard InChI is InChI=1S/C9H12N4S.BrH/c1-2-3-4-8-11-5-9(14-8)13-7-10-6-12-13;/h5-7H,2-4H2,1H3;1H. The van der Waals surface area contributed by atoms with Crippen LogP contribution in [-0.4, -0.2) is 19.7 Å². The number of halogens is 1. The zero-order valence-electron chi connectivity index (χ0n) is 8.46. The zero-order valence-corrected chi connectivity index (χ0v) is 11.0. The molecule has 2 aromatic heterocycles. The normalized spacial score (nSPS) is 9.93. The van der Waals surface area contributed by atoms with Gasteiger partial charge in [0.2, 0.25) is 0 Å². The van der Waals surface area contributed by atoms with Crippen molar-refractivity contribution in [2.75, 3.05) is 0 Å². The molecule has 0 spiro atoms. The molecular formula is C9H13BrN4S. The molecule has 0 aromatic carbocycles. The van der Waals surface area contributed by atoms with Crippen molar-refractivity contribution in [1.29, 1.82) is 0 Å². The van der Waals surface area contributed by atoms with Crippen LogP contribution in [0.2, 0.25) is 0 Å². The van der Waals surface area contributed by atoms with Crippen molar-refractivity contribution in [2.24, 2.45) is 0 Å². The summed E-state index contributed by atoms with van der Waals surface area (Å²) in [6, 6.07) is 0.